The molecule has 0 saturated heterocycles. The molecule has 2 aromatic rings. The number of benzene rings is 1. The molecular weight excluding hydrogens is 301 g/mol. The molecule has 2 rings (SSSR count). The highest BCUT2D eigenvalue weighted by Crippen LogP contribution is 2.31. The highest BCUT2D eigenvalue weighted by atomic mass is 19.4. The average molecular weight is 310 g/mol. The van der Waals surface area contributed by atoms with Crippen molar-refractivity contribution in [2.45, 2.75) is 6.36 Å². The van der Waals surface area contributed by atoms with Crippen LogP contribution in [-0.2, 0) is 0 Å². The summed E-state index contributed by atoms with van der Waals surface area (Å²) < 4.78 is 45.9. The molecule has 0 unspecified atom stereocenters. The van der Waals surface area contributed by atoms with Gasteiger partial charge in [-0.25, -0.2) is 0 Å². The Kier molecular flexibility index (Phi) is 3.94. The Labute approximate surface area is 122 Å². The topological polar surface area (TPSA) is 107 Å². The van der Waals surface area contributed by atoms with Gasteiger partial charge in [-0.05, 0) is 18.2 Å². The lowest BCUT2D eigenvalue weighted by atomic mass is 10.2. The molecule has 0 atom stereocenters. The van der Waals surface area contributed by atoms with Crippen molar-refractivity contribution >= 4 is 11.5 Å². The van der Waals surface area contributed by atoms with Crippen LogP contribution >= 0.6 is 0 Å². The van der Waals surface area contributed by atoms with E-state index in [0.717, 1.165) is 12.1 Å². The second-order valence-electron chi connectivity index (χ2n) is 4.04. The first kappa shape index (κ1) is 15.2. The Morgan fingerprint density at radius 2 is 1.86 bits per heavy atom. The summed E-state index contributed by atoms with van der Waals surface area (Å²) in [6.07, 6.45) is -4.92. The largest absolute Gasteiger partial charge is 0.573 e. The molecule has 1 aromatic carbocycles. The fourth-order valence-corrected chi connectivity index (χ4v) is 1.51. The van der Waals surface area contributed by atoms with E-state index in [9.17, 15) is 13.2 Å². The third-order valence-electron chi connectivity index (χ3n) is 2.45. The number of nitrogens with zero attached hydrogens (tertiary/aromatic N) is 2. The van der Waals surface area contributed by atoms with Crippen LogP contribution in [0.2, 0.25) is 0 Å². The molecule has 1 heterocycles. The average Bonchev–Trinajstić information content (AvgIpc) is 2.41. The number of aromatic nitrogens is 1. The highest BCUT2D eigenvalue weighted by Gasteiger charge is 2.32. The molecule has 6 nitrogen and oxygen atoms in total. The van der Waals surface area contributed by atoms with Gasteiger partial charge in [0.05, 0.1) is 11.3 Å². The number of rotatable bonds is 3. The summed E-state index contributed by atoms with van der Waals surface area (Å²) in [5.74, 6) is -0.613. The summed E-state index contributed by atoms with van der Waals surface area (Å²) in [6.45, 7) is 0. The maximum Gasteiger partial charge on any atom is 0.573 e. The van der Waals surface area contributed by atoms with E-state index in [1.165, 1.54) is 18.2 Å². The molecule has 0 saturated carbocycles. The van der Waals surface area contributed by atoms with Crippen molar-refractivity contribution in [2.75, 3.05) is 11.5 Å². The molecule has 1 aromatic heterocycles. The number of nitriles is 1. The van der Waals surface area contributed by atoms with E-state index in [-0.39, 0.29) is 28.7 Å². The van der Waals surface area contributed by atoms with Crippen molar-refractivity contribution < 1.29 is 22.6 Å². The van der Waals surface area contributed by atoms with Crippen LogP contribution < -0.4 is 20.9 Å². The van der Waals surface area contributed by atoms with Crippen molar-refractivity contribution in [3.05, 3.63) is 35.9 Å². The molecule has 9 heteroatoms. The molecule has 0 bridgehead atoms. The SMILES string of the molecule is N#Cc1ccc(Oc2ccc(N)c(N)n2)cc1OC(F)(F)F. The van der Waals surface area contributed by atoms with Crippen molar-refractivity contribution in [1.82, 2.24) is 4.98 Å². The van der Waals surface area contributed by atoms with Gasteiger partial charge >= 0.3 is 6.36 Å². The predicted octanol–water partition coefficient (Wildman–Crippen LogP) is 2.81. The maximum absolute atomic E-state index is 12.3. The number of nitrogen functional groups attached to an aromatic ring is 2. The van der Waals surface area contributed by atoms with Gasteiger partial charge in [0, 0.05) is 12.1 Å². The normalized spacial score (nSPS) is 10.8. The van der Waals surface area contributed by atoms with Crippen LogP contribution in [0.5, 0.6) is 17.4 Å². The number of hydrogen-bond donors (Lipinski definition) is 2. The first-order valence-corrected chi connectivity index (χ1v) is 5.78. The quantitative estimate of drug-likeness (QED) is 0.902. The number of hydrogen-bond acceptors (Lipinski definition) is 6. The predicted molar refractivity (Wildman–Crippen MR) is 71.0 cm³/mol. The molecule has 0 fully saturated rings. The minimum absolute atomic E-state index is 0.00470. The Bertz CT molecular complexity index is 741. The first-order valence-electron chi connectivity index (χ1n) is 5.78. The van der Waals surface area contributed by atoms with Crippen molar-refractivity contribution in [3.8, 4) is 23.4 Å². The molecule has 22 heavy (non-hydrogen) atoms. The van der Waals surface area contributed by atoms with Gasteiger partial charge in [-0.2, -0.15) is 10.2 Å². The van der Waals surface area contributed by atoms with Gasteiger partial charge in [0.25, 0.3) is 0 Å². The Morgan fingerprint density at radius 1 is 1.14 bits per heavy atom. The molecule has 0 spiro atoms. The first-order chi connectivity index (χ1) is 10.3. The molecular formula is C13H9F3N4O2. The summed E-state index contributed by atoms with van der Waals surface area (Å²) in [6, 6.07) is 7.80. The Hall–Kier alpha value is -3.15. The van der Waals surface area contributed by atoms with Crippen LogP contribution in [0.3, 0.4) is 0 Å². The fraction of sp³-hybridized carbons (Fsp3) is 0.0769. The third kappa shape index (κ3) is 3.69. The van der Waals surface area contributed by atoms with E-state index in [0.29, 0.717) is 0 Å². The zero-order valence-electron chi connectivity index (χ0n) is 10.9. The summed E-state index contributed by atoms with van der Waals surface area (Å²) in [5.41, 5.74) is 11.0. The van der Waals surface area contributed by atoms with Gasteiger partial charge in [-0.3, -0.25) is 0 Å². The number of anilines is 2. The van der Waals surface area contributed by atoms with Gasteiger partial charge < -0.3 is 20.9 Å². The zero-order chi connectivity index (χ0) is 16.3. The van der Waals surface area contributed by atoms with E-state index in [4.69, 9.17) is 21.5 Å². The number of ether oxygens (including phenoxy) is 2. The summed E-state index contributed by atoms with van der Waals surface area (Å²) in [7, 11) is 0. The minimum atomic E-state index is -4.92. The van der Waals surface area contributed by atoms with Gasteiger partial charge in [-0.1, -0.05) is 0 Å². The lowest BCUT2D eigenvalue weighted by molar-refractivity contribution is -0.274. The third-order valence-corrected chi connectivity index (χ3v) is 2.45. The Balaban J connectivity index is 2.30. The number of nitrogens with two attached hydrogens (primary N) is 2. The molecule has 114 valence electrons. The monoisotopic (exact) mass is 310 g/mol. The molecule has 0 aliphatic carbocycles. The van der Waals surface area contributed by atoms with E-state index in [2.05, 4.69) is 9.72 Å². The van der Waals surface area contributed by atoms with Gasteiger partial charge in [0.2, 0.25) is 5.88 Å². The van der Waals surface area contributed by atoms with E-state index >= 15 is 0 Å². The summed E-state index contributed by atoms with van der Waals surface area (Å²) >= 11 is 0. The summed E-state index contributed by atoms with van der Waals surface area (Å²) in [5, 5.41) is 8.78. The van der Waals surface area contributed by atoms with Crippen molar-refractivity contribution in [1.29, 1.82) is 5.26 Å². The molecule has 4 N–H and O–H groups in total. The van der Waals surface area contributed by atoms with Crippen LogP contribution in [0.15, 0.2) is 30.3 Å². The standard InChI is InChI=1S/C13H9F3N4O2/c14-13(15,16)22-10-5-8(2-1-7(10)6-17)21-11-4-3-9(18)12(19)20-11/h1-5H,18H2,(H2,19,20). The van der Waals surface area contributed by atoms with Crippen LogP contribution in [0.4, 0.5) is 24.7 Å². The van der Waals surface area contributed by atoms with E-state index < -0.39 is 12.1 Å². The van der Waals surface area contributed by atoms with E-state index in [1.54, 1.807) is 6.07 Å². The van der Waals surface area contributed by atoms with Crippen molar-refractivity contribution in [2.24, 2.45) is 0 Å². The van der Waals surface area contributed by atoms with Crippen LogP contribution in [0, 0.1) is 11.3 Å². The molecule has 0 radical (unpaired) electrons. The zero-order valence-corrected chi connectivity index (χ0v) is 10.9. The van der Waals surface area contributed by atoms with E-state index in [1.807, 2.05) is 0 Å². The van der Waals surface area contributed by atoms with Crippen LogP contribution in [0.1, 0.15) is 5.56 Å². The second kappa shape index (κ2) is 5.69. The van der Waals surface area contributed by atoms with Gasteiger partial charge in [-0.15, -0.1) is 13.2 Å². The molecule has 0 aliphatic rings. The fourth-order valence-electron chi connectivity index (χ4n) is 1.51. The number of alkyl halides is 3. The van der Waals surface area contributed by atoms with Gasteiger partial charge in [0.1, 0.15) is 11.8 Å². The second-order valence-corrected chi connectivity index (χ2v) is 4.04. The molecule has 0 amide bonds. The number of pyridine rings is 1. The molecule has 0 aliphatic heterocycles. The summed E-state index contributed by atoms with van der Waals surface area (Å²) in [4.78, 5) is 3.82. The van der Waals surface area contributed by atoms with Crippen LogP contribution in [0.25, 0.3) is 0 Å². The lowest BCUT2D eigenvalue weighted by Crippen LogP contribution is -2.17. The minimum Gasteiger partial charge on any atom is -0.439 e. The van der Waals surface area contributed by atoms with Crippen molar-refractivity contribution in [3.63, 3.8) is 0 Å². The van der Waals surface area contributed by atoms with Gasteiger partial charge in [0.15, 0.2) is 11.6 Å². The maximum atomic E-state index is 12.3. The Morgan fingerprint density at radius 3 is 2.45 bits per heavy atom. The smallest absolute Gasteiger partial charge is 0.439 e. The highest BCUT2D eigenvalue weighted by molar-refractivity contribution is 5.59. The lowest BCUT2D eigenvalue weighted by Gasteiger charge is -2.12. The van der Waals surface area contributed by atoms with Crippen LogP contribution in [-0.4, -0.2) is 11.3 Å². The number of halogens is 3.